The Morgan fingerprint density at radius 2 is 1.45 bits per heavy atom. The number of fused-ring (bicyclic) bond motifs is 3. The molecule has 4 atom stereocenters. The van der Waals surface area contributed by atoms with Gasteiger partial charge in [0.2, 0.25) is 11.8 Å². The molecule has 336 valence electrons. The fraction of sp³-hybridized carbons (Fsp3) is 0.444. The molecule has 0 bridgehead atoms. The van der Waals surface area contributed by atoms with Crippen LogP contribution in [0.25, 0.3) is 6.08 Å². The lowest BCUT2D eigenvalue weighted by Crippen LogP contribution is -2.66. The van der Waals surface area contributed by atoms with E-state index in [0.29, 0.717) is 25.2 Å². The number of amides is 2. The first-order valence-electron chi connectivity index (χ1n) is 23.7. The molecule has 0 spiro atoms. The second-order valence-corrected chi connectivity index (χ2v) is 24.2. The summed E-state index contributed by atoms with van der Waals surface area (Å²) < 4.78 is 14.2. The third-order valence-electron chi connectivity index (χ3n) is 14.6. The van der Waals surface area contributed by atoms with Crippen molar-refractivity contribution in [3.63, 3.8) is 0 Å². The molecule has 8 nitrogen and oxygen atoms in total. The molecule has 0 unspecified atom stereocenters. The maximum atomic E-state index is 14.9. The zero-order valence-electron chi connectivity index (χ0n) is 38.8. The van der Waals surface area contributed by atoms with Crippen LogP contribution in [-0.2, 0) is 25.2 Å². The topological polar surface area (TPSA) is 99.5 Å². The zero-order chi connectivity index (χ0) is 45.2. The first-order valence-corrected chi connectivity index (χ1v) is 25.6. The number of nitrogens with zero attached hydrogens (tertiary/aromatic N) is 2. The van der Waals surface area contributed by atoms with Gasteiger partial charge in [-0.15, -0.1) is 0 Å². The lowest BCUT2D eigenvalue weighted by Gasteiger charge is -2.46. The van der Waals surface area contributed by atoms with E-state index in [4.69, 9.17) is 9.08 Å². The number of hydrogen-bond donors (Lipinski definition) is 2. The van der Waals surface area contributed by atoms with Gasteiger partial charge in [0, 0.05) is 25.7 Å². The molecular formula is C54H67BN2O6Si. The van der Waals surface area contributed by atoms with E-state index in [1.54, 1.807) is 4.90 Å². The van der Waals surface area contributed by atoms with E-state index in [-0.39, 0.29) is 35.1 Å². The smallest absolute Gasteiger partial charge is 0.455 e. The quantitative estimate of drug-likeness (QED) is 0.0742. The Bertz CT molecular complexity index is 2280. The van der Waals surface area contributed by atoms with Gasteiger partial charge in [-0.25, -0.2) is 0 Å². The highest BCUT2D eigenvalue weighted by molar-refractivity contribution is 6.99. The Hall–Kier alpha value is -4.58. The van der Waals surface area contributed by atoms with E-state index in [1.807, 2.05) is 32.0 Å². The van der Waals surface area contributed by atoms with Crippen molar-refractivity contribution >= 4 is 43.7 Å². The molecule has 0 saturated carbocycles. The lowest BCUT2D eigenvalue weighted by molar-refractivity contribution is -0.144. The summed E-state index contributed by atoms with van der Waals surface area (Å²) in [5.74, 6) is -1.22. The first kappa shape index (κ1) is 46.0. The van der Waals surface area contributed by atoms with Crippen LogP contribution in [0.2, 0.25) is 11.4 Å². The van der Waals surface area contributed by atoms with Gasteiger partial charge < -0.3 is 19.2 Å². The highest BCUT2D eigenvalue weighted by Crippen LogP contribution is 2.52. The van der Waals surface area contributed by atoms with Crippen molar-refractivity contribution in [2.75, 3.05) is 19.7 Å². The van der Waals surface area contributed by atoms with E-state index < -0.39 is 33.4 Å². The molecule has 3 heterocycles. The molecule has 10 heteroatoms. The number of benzene rings is 4. The molecule has 8 rings (SSSR count). The number of hydrogen-bond acceptors (Lipinski definition) is 7. The Labute approximate surface area is 382 Å². The number of aromatic hydroxyl groups is 1. The largest absolute Gasteiger partial charge is 0.507 e. The number of allylic oxidation sites excluding steroid dienone is 1. The van der Waals surface area contributed by atoms with Crippen LogP contribution in [0.3, 0.4) is 0 Å². The number of phenolic OH excluding ortho intramolecular Hbond substituents is 1. The number of likely N-dealkylation sites (tertiary alicyclic amines) is 2. The highest BCUT2D eigenvalue weighted by Gasteiger charge is 2.59. The van der Waals surface area contributed by atoms with Crippen LogP contribution in [0.1, 0.15) is 94.9 Å². The van der Waals surface area contributed by atoms with E-state index in [2.05, 4.69) is 124 Å². The number of piperidine rings is 1. The summed E-state index contributed by atoms with van der Waals surface area (Å²) in [6.45, 7) is 15.7. The number of aryl methyl sites for hydroxylation is 2. The van der Waals surface area contributed by atoms with Crippen molar-refractivity contribution < 1.29 is 28.8 Å². The Kier molecular flexibility index (Phi) is 14.0. The van der Waals surface area contributed by atoms with Gasteiger partial charge in [0.25, 0.3) is 8.32 Å². The summed E-state index contributed by atoms with van der Waals surface area (Å²) in [6.07, 6.45) is 7.21. The van der Waals surface area contributed by atoms with Gasteiger partial charge in [-0.2, -0.15) is 0 Å². The summed E-state index contributed by atoms with van der Waals surface area (Å²) in [6, 6.07) is 35.7. The molecule has 2 amide bonds. The highest BCUT2D eigenvalue weighted by atomic mass is 28.4. The third kappa shape index (κ3) is 9.27. The van der Waals surface area contributed by atoms with Gasteiger partial charge in [0.05, 0.1) is 24.5 Å². The fourth-order valence-corrected chi connectivity index (χ4v) is 16.2. The normalized spacial score (nSPS) is 22.6. The van der Waals surface area contributed by atoms with Crippen LogP contribution in [-0.4, -0.2) is 79.0 Å². The maximum absolute atomic E-state index is 14.9. The minimum absolute atomic E-state index is 0.0660. The van der Waals surface area contributed by atoms with Crippen LogP contribution in [0, 0.1) is 31.6 Å². The van der Waals surface area contributed by atoms with Crippen LogP contribution in [0.15, 0.2) is 120 Å². The molecule has 1 aliphatic carbocycles. The van der Waals surface area contributed by atoms with E-state index in [0.717, 1.165) is 79.6 Å². The molecule has 3 fully saturated rings. The van der Waals surface area contributed by atoms with Crippen molar-refractivity contribution in [3.8, 4) is 5.75 Å². The Morgan fingerprint density at radius 3 is 2.03 bits per heavy atom. The average molecular weight is 879 g/mol. The van der Waals surface area contributed by atoms with Gasteiger partial charge in [-0.05, 0) is 126 Å². The zero-order valence-corrected chi connectivity index (χ0v) is 39.8. The van der Waals surface area contributed by atoms with Crippen molar-refractivity contribution in [1.82, 2.24) is 9.80 Å². The van der Waals surface area contributed by atoms with Gasteiger partial charge in [0.15, 0.2) is 0 Å². The number of carbonyl (C=O) groups is 2. The van der Waals surface area contributed by atoms with Gasteiger partial charge in [-0.3, -0.25) is 19.4 Å². The van der Waals surface area contributed by atoms with Crippen LogP contribution < -0.4 is 10.4 Å². The molecule has 4 aromatic rings. The third-order valence-corrected chi connectivity index (χ3v) is 19.6. The summed E-state index contributed by atoms with van der Waals surface area (Å²) in [7, 11) is -4.05. The van der Waals surface area contributed by atoms with Crippen molar-refractivity contribution in [1.29, 1.82) is 0 Å². The molecule has 4 aliphatic rings. The minimum atomic E-state index is -2.99. The molecular weight excluding hydrogens is 811 g/mol. The van der Waals surface area contributed by atoms with E-state index in [1.165, 1.54) is 21.5 Å². The first-order chi connectivity index (χ1) is 30.8. The summed E-state index contributed by atoms with van der Waals surface area (Å²) in [4.78, 5) is 33.9. The molecule has 0 aromatic heterocycles. The maximum Gasteiger partial charge on any atom is 0.455 e. The molecule has 3 aliphatic heterocycles. The predicted molar refractivity (Wildman–Crippen MR) is 260 cm³/mol. The molecule has 2 N–H and O–H groups in total. The SMILES string of the molecule is CCC/C(=C\c1cc(C)c(O)c(C)c1)CC[C@H]1OB(O)C[C@H]2C1=C(CO[Si](c1ccccc1)(c1ccccc1)C(C)(C)C)C[C@H]1C(=O)N(C3CCN(Cc4ccccc4)CC3)C(=O)[C@H]12. The Morgan fingerprint density at radius 1 is 0.859 bits per heavy atom. The molecule has 4 aromatic carbocycles. The minimum Gasteiger partial charge on any atom is -0.507 e. The summed E-state index contributed by atoms with van der Waals surface area (Å²) in [5, 5.41) is 24.2. The van der Waals surface area contributed by atoms with Crippen molar-refractivity contribution in [2.24, 2.45) is 17.8 Å². The summed E-state index contributed by atoms with van der Waals surface area (Å²) in [5.41, 5.74) is 7.38. The van der Waals surface area contributed by atoms with E-state index >= 15 is 0 Å². The van der Waals surface area contributed by atoms with Gasteiger partial charge in [0.1, 0.15) is 5.75 Å². The molecule has 3 saturated heterocycles. The van der Waals surface area contributed by atoms with Crippen LogP contribution in [0.4, 0.5) is 0 Å². The molecule has 64 heavy (non-hydrogen) atoms. The second-order valence-electron chi connectivity index (χ2n) is 19.9. The number of carbonyl (C=O) groups excluding carboxylic acids is 2. The molecule has 0 radical (unpaired) electrons. The van der Waals surface area contributed by atoms with Crippen LogP contribution >= 0.6 is 0 Å². The van der Waals surface area contributed by atoms with Gasteiger partial charge in [-0.1, -0.05) is 137 Å². The second kappa shape index (κ2) is 19.5. The monoisotopic (exact) mass is 878 g/mol. The average Bonchev–Trinajstić information content (AvgIpc) is 3.53. The van der Waals surface area contributed by atoms with Crippen LogP contribution in [0.5, 0.6) is 5.75 Å². The standard InChI is InChI=1S/C54H67BN2O6Si/c1-7-17-39(32-41-30-37(2)51(58)38(3)31-41)24-25-48-49-42(36-62-64(54(4,5)6,44-20-13-9-14-21-44)45-22-15-10-16-23-45)33-46-50(47(49)34-55(61)63-48)53(60)57(52(46)59)43-26-28-56(29-27-43)35-40-18-11-8-12-19-40/h8-16,18-23,30-32,43,46-48,50,58,61H,7,17,24-29,33-36H2,1-6H3/b39-32+/t46-,47+,48-,50-/m1/s1. The van der Waals surface area contributed by atoms with Crippen molar-refractivity contribution in [3.05, 3.63) is 142 Å². The summed E-state index contributed by atoms with van der Waals surface area (Å²) >= 11 is 0. The van der Waals surface area contributed by atoms with Gasteiger partial charge >= 0.3 is 7.12 Å². The predicted octanol–water partition coefficient (Wildman–Crippen LogP) is 9.01. The number of phenols is 1. The number of imide groups is 1. The fourth-order valence-electron chi connectivity index (χ4n) is 11.6. The number of rotatable bonds is 14. The lowest BCUT2D eigenvalue weighted by atomic mass is 9.58. The van der Waals surface area contributed by atoms with Crippen molar-refractivity contribution in [2.45, 2.75) is 117 Å². The Balaban J connectivity index is 1.14. The van der Waals surface area contributed by atoms with E-state index in [9.17, 15) is 19.7 Å².